The van der Waals surface area contributed by atoms with Crippen LogP contribution in [-0.2, 0) is 9.53 Å². The molecule has 0 aromatic rings. The van der Waals surface area contributed by atoms with Crippen LogP contribution in [0.4, 0.5) is 0 Å². The summed E-state index contributed by atoms with van der Waals surface area (Å²) in [6.45, 7) is 6.00. The Balaban J connectivity index is 3.26. The van der Waals surface area contributed by atoms with Gasteiger partial charge in [0.25, 0.3) is 0 Å². The predicted molar refractivity (Wildman–Crippen MR) is 60.0 cm³/mol. The molecule has 0 saturated heterocycles. The van der Waals surface area contributed by atoms with Gasteiger partial charge in [-0.15, -0.1) is 0 Å². The number of nitrogens with one attached hydrogen (secondary N) is 2. The Morgan fingerprint density at radius 3 is 3.07 bits per heavy atom. The molecule has 14 heavy (non-hydrogen) atoms. The van der Waals surface area contributed by atoms with E-state index in [2.05, 4.69) is 32.8 Å². The van der Waals surface area contributed by atoms with E-state index >= 15 is 0 Å². The summed E-state index contributed by atoms with van der Waals surface area (Å²) in [6, 6.07) is 1.08. The van der Waals surface area contributed by atoms with Crippen molar-refractivity contribution in [1.82, 2.24) is 9.30 Å². The highest BCUT2D eigenvalue weighted by atomic mass is 28.3. The standard InChI is InChI=1S/C7H14N2O2Si3/c1-3-7(10)11-5-4-6-14(2)9-13-8-12/h3,8-9H,1,4-6H2,2H3. The van der Waals surface area contributed by atoms with Gasteiger partial charge in [0.2, 0.25) is 9.84 Å². The van der Waals surface area contributed by atoms with Crippen LogP contribution < -0.4 is 9.30 Å². The summed E-state index contributed by atoms with van der Waals surface area (Å²) in [5.41, 5.74) is 0. The normalized spacial score (nSPS) is 10.2. The first kappa shape index (κ1) is 13.8. The lowest BCUT2D eigenvalue weighted by Crippen LogP contribution is -2.40. The molecular weight excluding hydrogens is 228 g/mol. The van der Waals surface area contributed by atoms with Crippen LogP contribution in [0.2, 0.25) is 12.6 Å². The monoisotopic (exact) mass is 242 g/mol. The molecule has 76 valence electrons. The van der Waals surface area contributed by atoms with Gasteiger partial charge in [-0.3, -0.25) is 0 Å². The van der Waals surface area contributed by atoms with Gasteiger partial charge >= 0.3 is 5.97 Å². The molecule has 0 atom stereocenters. The van der Waals surface area contributed by atoms with Gasteiger partial charge in [-0.25, -0.2) is 4.79 Å². The molecule has 0 aromatic carbocycles. The second-order valence-electron chi connectivity index (χ2n) is 2.63. The van der Waals surface area contributed by atoms with Crippen molar-refractivity contribution in [3.05, 3.63) is 12.7 Å². The molecule has 0 aliphatic heterocycles. The highest BCUT2D eigenvalue weighted by Crippen LogP contribution is 1.95. The third-order valence-corrected chi connectivity index (χ3v) is 5.26. The lowest BCUT2D eigenvalue weighted by atomic mass is 10.5. The fourth-order valence-corrected chi connectivity index (χ4v) is 3.61. The second kappa shape index (κ2) is 9.34. The number of rotatable bonds is 8. The molecule has 4 nitrogen and oxygen atoms in total. The van der Waals surface area contributed by atoms with Crippen molar-refractivity contribution in [3.8, 4) is 0 Å². The molecule has 0 spiro atoms. The molecule has 2 N–H and O–H groups in total. The van der Waals surface area contributed by atoms with E-state index in [-0.39, 0.29) is 5.97 Å². The Hall–Kier alpha value is -0.219. The maximum Gasteiger partial charge on any atom is 0.330 e. The van der Waals surface area contributed by atoms with Gasteiger partial charge in [-0.2, -0.15) is 0 Å². The number of hydrogen-bond acceptors (Lipinski definition) is 4. The lowest BCUT2D eigenvalue weighted by Gasteiger charge is -2.09. The van der Waals surface area contributed by atoms with Crippen molar-refractivity contribution < 1.29 is 9.53 Å². The van der Waals surface area contributed by atoms with E-state index in [0.29, 0.717) is 16.4 Å². The highest BCUT2D eigenvalue weighted by molar-refractivity contribution is 6.64. The van der Waals surface area contributed by atoms with Gasteiger partial charge < -0.3 is 14.0 Å². The Bertz CT molecular complexity index is 180. The number of ether oxygens (including phenoxy) is 1. The highest BCUT2D eigenvalue weighted by Gasteiger charge is 2.04. The smallest absolute Gasteiger partial charge is 0.330 e. The summed E-state index contributed by atoms with van der Waals surface area (Å²) >= 11 is 0. The molecular formula is C7H14N2O2Si3. The van der Waals surface area contributed by atoms with E-state index in [1.807, 2.05) is 0 Å². The zero-order chi connectivity index (χ0) is 10.8. The zero-order valence-corrected chi connectivity index (χ0v) is 11.2. The molecule has 0 fully saturated rings. The first-order valence-electron chi connectivity index (χ1n) is 4.25. The Kier molecular flexibility index (Phi) is 9.19. The van der Waals surface area contributed by atoms with Crippen LogP contribution in [0.25, 0.3) is 0 Å². The average Bonchev–Trinajstić information content (AvgIpc) is 2.21. The van der Waals surface area contributed by atoms with E-state index in [4.69, 9.17) is 4.74 Å². The minimum atomic E-state index is -0.505. The molecule has 0 aliphatic rings. The minimum absolute atomic E-state index is 0.341. The summed E-state index contributed by atoms with van der Waals surface area (Å²) in [5.74, 6) is -0.341. The SMILES string of the molecule is C=CC(=O)OCCC[Si](C)N[Si]N[Si]. The zero-order valence-electron chi connectivity index (χ0n) is 8.22. The van der Waals surface area contributed by atoms with Crippen molar-refractivity contribution >= 4 is 35.2 Å². The Morgan fingerprint density at radius 2 is 2.50 bits per heavy atom. The summed E-state index contributed by atoms with van der Waals surface area (Å²) in [7, 11) is 3.20. The van der Waals surface area contributed by atoms with Gasteiger partial charge in [0.1, 0.15) is 19.4 Å². The van der Waals surface area contributed by atoms with E-state index in [9.17, 15) is 4.79 Å². The van der Waals surface area contributed by atoms with Crippen LogP contribution in [0.1, 0.15) is 6.42 Å². The van der Waals surface area contributed by atoms with Gasteiger partial charge in [-0.1, -0.05) is 13.1 Å². The van der Waals surface area contributed by atoms with E-state index in [0.717, 1.165) is 12.5 Å². The first-order valence-corrected chi connectivity index (χ1v) is 7.95. The third kappa shape index (κ3) is 8.38. The van der Waals surface area contributed by atoms with Gasteiger partial charge in [0.15, 0.2) is 0 Å². The summed E-state index contributed by atoms with van der Waals surface area (Å²) < 4.78 is 11.1. The maximum absolute atomic E-state index is 10.7. The molecule has 0 unspecified atom stereocenters. The molecule has 0 aromatic heterocycles. The van der Waals surface area contributed by atoms with Crippen LogP contribution >= 0.6 is 0 Å². The van der Waals surface area contributed by atoms with Gasteiger partial charge in [-0.05, 0) is 12.5 Å². The van der Waals surface area contributed by atoms with Crippen LogP contribution in [0, 0.1) is 0 Å². The van der Waals surface area contributed by atoms with Crippen LogP contribution in [0.5, 0.6) is 0 Å². The number of carbonyl (C=O) groups excluding carboxylic acids is 1. The Morgan fingerprint density at radius 1 is 1.79 bits per heavy atom. The molecule has 0 heterocycles. The lowest BCUT2D eigenvalue weighted by molar-refractivity contribution is -0.137. The van der Waals surface area contributed by atoms with Crippen molar-refractivity contribution in [2.75, 3.05) is 6.61 Å². The van der Waals surface area contributed by atoms with Crippen LogP contribution in [-0.4, -0.2) is 41.8 Å². The number of esters is 1. The quantitative estimate of drug-likeness (QED) is 0.261. The van der Waals surface area contributed by atoms with Crippen molar-refractivity contribution in [2.45, 2.75) is 19.0 Å². The fourth-order valence-electron chi connectivity index (χ4n) is 0.769. The largest absolute Gasteiger partial charge is 0.463 e. The number of hydrogen-bond donors (Lipinski definition) is 2. The summed E-state index contributed by atoms with van der Waals surface area (Å²) in [4.78, 5) is 10.7. The summed E-state index contributed by atoms with van der Waals surface area (Å²) in [5, 5.41) is 0. The molecule has 0 amide bonds. The van der Waals surface area contributed by atoms with Crippen molar-refractivity contribution in [1.29, 1.82) is 0 Å². The van der Waals surface area contributed by atoms with E-state index in [1.54, 1.807) is 0 Å². The second-order valence-corrected chi connectivity index (χ2v) is 6.94. The fraction of sp³-hybridized carbons (Fsp3) is 0.571. The molecule has 0 saturated carbocycles. The van der Waals surface area contributed by atoms with Crippen molar-refractivity contribution in [3.63, 3.8) is 0 Å². The summed E-state index contributed by atoms with van der Waals surface area (Å²) in [6.07, 6.45) is 2.09. The predicted octanol–water partition coefficient (Wildman–Crippen LogP) is -0.476. The molecule has 0 bridgehead atoms. The van der Waals surface area contributed by atoms with Crippen LogP contribution in [0.15, 0.2) is 12.7 Å². The third-order valence-electron chi connectivity index (χ3n) is 1.45. The minimum Gasteiger partial charge on any atom is -0.463 e. The molecule has 6 radical (unpaired) electrons. The topological polar surface area (TPSA) is 50.4 Å². The molecule has 7 heteroatoms. The van der Waals surface area contributed by atoms with Crippen molar-refractivity contribution in [2.24, 2.45) is 0 Å². The molecule has 0 aliphatic carbocycles. The van der Waals surface area contributed by atoms with Gasteiger partial charge in [0.05, 0.1) is 6.61 Å². The van der Waals surface area contributed by atoms with Gasteiger partial charge in [0, 0.05) is 6.08 Å². The molecule has 0 rings (SSSR count). The average molecular weight is 242 g/mol. The maximum atomic E-state index is 10.7. The van der Waals surface area contributed by atoms with E-state index < -0.39 is 8.96 Å². The van der Waals surface area contributed by atoms with Crippen LogP contribution in [0.3, 0.4) is 0 Å². The van der Waals surface area contributed by atoms with E-state index in [1.165, 1.54) is 6.08 Å². The first-order chi connectivity index (χ1) is 6.70. The Labute approximate surface area is 92.7 Å². The number of carbonyl (C=O) groups is 1.